The highest BCUT2D eigenvalue weighted by Crippen LogP contribution is 2.18. The molecule has 1 aromatic heterocycles. The zero-order valence-corrected chi connectivity index (χ0v) is 16.6. The van der Waals surface area contributed by atoms with Gasteiger partial charge in [0.15, 0.2) is 0 Å². The van der Waals surface area contributed by atoms with Gasteiger partial charge >= 0.3 is 0 Å². The zero-order chi connectivity index (χ0) is 19.1. The van der Waals surface area contributed by atoms with E-state index < -0.39 is 6.04 Å². The molecular formula is C20H27N3O2S. The maximum atomic E-state index is 12.4. The molecule has 1 aromatic carbocycles. The van der Waals surface area contributed by atoms with Crippen LogP contribution in [0.3, 0.4) is 0 Å². The van der Waals surface area contributed by atoms with Gasteiger partial charge in [-0.25, -0.2) is 0 Å². The number of carbonyl (C=O) groups excluding carboxylic acids is 2. The summed E-state index contributed by atoms with van der Waals surface area (Å²) in [5.74, 6) is -0.408. The third-order valence-electron chi connectivity index (χ3n) is 4.35. The molecule has 0 fully saturated rings. The Morgan fingerprint density at radius 1 is 1.15 bits per heavy atom. The summed E-state index contributed by atoms with van der Waals surface area (Å²) >= 11 is 1.36. The van der Waals surface area contributed by atoms with E-state index in [0.29, 0.717) is 11.4 Å². The van der Waals surface area contributed by atoms with Crippen LogP contribution in [0.1, 0.15) is 40.7 Å². The number of thiophene rings is 1. The van der Waals surface area contributed by atoms with E-state index in [1.807, 2.05) is 25.5 Å². The third-order valence-corrected chi connectivity index (χ3v) is 5.22. The number of benzene rings is 1. The van der Waals surface area contributed by atoms with Crippen LogP contribution in [0.2, 0.25) is 0 Å². The van der Waals surface area contributed by atoms with Crippen LogP contribution in [-0.4, -0.2) is 43.4 Å². The summed E-state index contributed by atoms with van der Waals surface area (Å²) in [4.78, 5) is 27.1. The van der Waals surface area contributed by atoms with Crippen molar-refractivity contribution in [1.82, 2.24) is 15.5 Å². The van der Waals surface area contributed by atoms with E-state index in [4.69, 9.17) is 0 Å². The summed E-state index contributed by atoms with van der Waals surface area (Å²) in [6.45, 7) is 4.31. The molecule has 2 aromatic rings. The van der Waals surface area contributed by atoms with Crippen LogP contribution in [0.5, 0.6) is 0 Å². The summed E-state index contributed by atoms with van der Waals surface area (Å²) in [6.07, 6.45) is 1.01. The molecule has 0 saturated heterocycles. The SMILES string of the molecule is CCc1ccc(C(CNC(=O)C(C)NC(=O)c2cccs2)N(C)C)cc1. The molecule has 2 N–H and O–H groups in total. The number of hydrogen-bond acceptors (Lipinski definition) is 4. The molecule has 5 nitrogen and oxygen atoms in total. The summed E-state index contributed by atoms with van der Waals surface area (Å²) in [5, 5.41) is 7.52. The number of likely N-dealkylation sites (N-methyl/N-ethyl adjacent to an activating group) is 1. The second-order valence-electron chi connectivity index (χ2n) is 6.49. The van der Waals surface area contributed by atoms with Gasteiger partial charge < -0.3 is 15.5 Å². The lowest BCUT2D eigenvalue weighted by atomic mass is 10.0. The molecule has 0 aliphatic heterocycles. The standard InChI is InChI=1S/C20H27N3O2S/c1-5-15-8-10-16(11-9-15)17(23(3)4)13-21-19(24)14(2)22-20(25)18-7-6-12-26-18/h6-12,14,17H,5,13H2,1-4H3,(H,21,24)(H,22,25). The van der Waals surface area contributed by atoms with Crippen molar-refractivity contribution in [3.05, 3.63) is 57.8 Å². The number of nitrogens with zero attached hydrogens (tertiary/aromatic N) is 1. The van der Waals surface area contributed by atoms with E-state index in [1.54, 1.807) is 13.0 Å². The fourth-order valence-corrected chi connectivity index (χ4v) is 3.29. The highest BCUT2D eigenvalue weighted by Gasteiger charge is 2.20. The highest BCUT2D eigenvalue weighted by molar-refractivity contribution is 7.12. The molecule has 0 radical (unpaired) electrons. The minimum absolute atomic E-state index is 0.0741. The van der Waals surface area contributed by atoms with Crippen molar-refractivity contribution in [2.75, 3.05) is 20.6 Å². The van der Waals surface area contributed by atoms with Gasteiger partial charge in [0.2, 0.25) is 5.91 Å². The molecule has 2 atom stereocenters. The first-order chi connectivity index (χ1) is 12.4. The molecule has 2 unspecified atom stereocenters. The minimum atomic E-state index is -0.588. The molecule has 26 heavy (non-hydrogen) atoms. The first kappa shape index (κ1) is 20.1. The van der Waals surface area contributed by atoms with Gasteiger partial charge in [-0.2, -0.15) is 0 Å². The Kier molecular flexibility index (Phi) is 7.36. The predicted octanol–water partition coefficient (Wildman–Crippen LogP) is 2.85. The van der Waals surface area contributed by atoms with Crippen LogP contribution < -0.4 is 10.6 Å². The van der Waals surface area contributed by atoms with Crippen molar-refractivity contribution in [2.45, 2.75) is 32.4 Å². The first-order valence-corrected chi connectivity index (χ1v) is 9.67. The number of nitrogens with one attached hydrogen (secondary N) is 2. The van der Waals surface area contributed by atoms with Crippen molar-refractivity contribution in [3.63, 3.8) is 0 Å². The molecule has 0 spiro atoms. The third kappa shape index (κ3) is 5.41. The van der Waals surface area contributed by atoms with Crippen LogP contribution in [0.15, 0.2) is 41.8 Å². The lowest BCUT2D eigenvalue weighted by Crippen LogP contribution is -2.46. The van der Waals surface area contributed by atoms with Gasteiger partial charge in [-0.15, -0.1) is 11.3 Å². The molecule has 2 amide bonds. The Bertz CT molecular complexity index is 711. The number of rotatable bonds is 8. The Balaban J connectivity index is 1.92. The number of carbonyl (C=O) groups is 2. The Morgan fingerprint density at radius 2 is 1.85 bits per heavy atom. The molecule has 1 heterocycles. The van der Waals surface area contributed by atoms with Crippen molar-refractivity contribution < 1.29 is 9.59 Å². The van der Waals surface area contributed by atoms with Gasteiger partial charge in [-0.05, 0) is 50.0 Å². The quantitative estimate of drug-likeness (QED) is 0.748. The average Bonchev–Trinajstić information content (AvgIpc) is 3.16. The fraction of sp³-hybridized carbons (Fsp3) is 0.400. The van der Waals surface area contributed by atoms with E-state index in [1.165, 1.54) is 16.9 Å². The Labute approximate surface area is 159 Å². The van der Waals surface area contributed by atoms with Crippen LogP contribution in [0.4, 0.5) is 0 Å². The van der Waals surface area contributed by atoms with Crippen LogP contribution in [0.25, 0.3) is 0 Å². The summed E-state index contributed by atoms with van der Waals surface area (Å²) < 4.78 is 0. The second-order valence-corrected chi connectivity index (χ2v) is 7.44. The van der Waals surface area contributed by atoms with Crippen molar-refractivity contribution in [3.8, 4) is 0 Å². The zero-order valence-electron chi connectivity index (χ0n) is 15.8. The molecule has 2 rings (SSSR count). The number of aryl methyl sites for hydroxylation is 1. The fourth-order valence-electron chi connectivity index (χ4n) is 2.67. The maximum absolute atomic E-state index is 12.4. The van der Waals surface area contributed by atoms with Crippen LogP contribution in [-0.2, 0) is 11.2 Å². The summed E-state index contributed by atoms with van der Waals surface area (Å²) in [5.41, 5.74) is 2.45. The largest absolute Gasteiger partial charge is 0.352 e. The van der Waals surface area contributed by atoms with Crippen LogP contribution >= 0.6 is 11.3 Å². The molecule has 0 saturated carbocycles. The topological polar surface area (TPSA) is 61.4 Å². The van der Waals surface area contributed by atoms with Gasteiger partial charge in [0.1, 0.15) is 6.04 Å². The second kappa shape index (κ2) is 9.50. The van der Waals surface area contributed by atoms with Gasteiger partial charge in [-0.1, -0.05) is 37.3 Å². The lowest BCUT2D eigenvalue weighted by Gasteiger charge is -2.26. The van der Waals surface area contributed by atoms with E-state index in [0.717, 1.165) is 12.0 Å². The highest BCUT2D eigenvalue weighted by atomic mass is 32.1. The number of amides is 2. The van der Waals surface area contributed by atoms with Gasteiger partial charge in [0.25, 0.3) is 5.91 Å². The van der Waals surface area contributed by atoms with E-state index in [2.05, 4.69) is 46.7 Å². The van der Waals surface area contributed by atoms with Gasteiger partial charge in [-0.3, -0.25) is 9.59 Å². The summed E-state index contributed by atoms with van der Waals surface area (Å²) in [7, 11) is 3.99. The normalized spacial score (nSPS) is 13.3. The number of hydrogen-bond donors (Lipinski definition) is 2. The van der Waals surface area contributed by atoms with E-state index >= 15 is 0 Å². The molecule has 6 heteroatoms. The summed E-state index contributed by atoms with van der Waals surface area (Å²) in [6, 6.07) is 11.5. The smallest absolute Gasteiger partial charge is 0.261 e. The average molecular weight is 374 g/mol. The monoisotopic (exact) mass is 373 g/mol. The van der Waals surface area contributed by atoms with Crippen molar-refractivity contribution >= 4 is 23.2 Å². The predicted molar refractivity (Wildman–Crippen MR) is 107 cm³/mol. The molecule has 140 valence electrons. The minimum Gasteiger partial charge on any atom is -0.352 e. The molecule has 0 aliphatic rings. The maximum Gasteiger partial charge on any atom is 0.261 e. The van der Waals surface area contributed by atoms with Crippen molar-refractivity contribution in [1.29, 1.82) is 0 Å². The first-order valence-electron chi connectivity index (χ1n) is 8.79. The van der Waals surface area contributed by atoms with Crippen LogP contribution in [0, 0.1) is 0 Å². The van der Waals surface area contributed by atoms with Gasteiger partial charge in [0.05, 0.1) is 10.9 Å². The lowest BCUT2D eigenvalue weighted by molar-refractivity contribution is -0.122. The van der Waals surface area contributed by atoms with E-state index in [9.17, 15) is 9.59 Å². The van der Waals surface area contributed by atoms with Gasteiger partial charge in [0, 0.05) is 6.54 Å². The van der Waals surface area contributed by atoms with Crippen molar-refractivity contribution in [2.24, 2.45) is 0 Å². The Morgan fingerprint density at radius 3 is 2.38 bits per heavy atom. The Hall–Kier alpha value is -2.18. The molecule has 0 aliphatic carbocycles. The molecule has 0 bridgehead atoms. The van der Waals surface area contributed by atoms with E-state index in [-0.39, 0.29) is 17.9 Å². The molecular weight excluding hydrogens is 346 g/mol.